The standard InChI is InChI=1S/C22H21IN2O4/c1-3-29-14-24-18(13-16-7-5-4-6-8-16)19(23)21(27)25(22(24)28)20(26)17-11-9-15(2)10-12-17/h4-12H,3,13-14H2,1-2H3. The minimum atomic E-state index is -0.694. The second kappa shape index (κ2) is 9.32. The average molecular weight is 504 g/mol. The van der Waals surface area contributed by atoms with E-state index in [-0.39, 0.29) is 12.3 Å². The van der Waals surface area contributed by atoms with Gasteiger partial charge in [-0.2, -0.15) is 4.57 Å². The van der Waals surface area contributed by atoms with Crippen molar-refractivity contribution in [2.45, 2.75) is 27.0 Å². The van der Waals surface area contributed by atoms with Crippen LogP contribution in [0.3, 0.4) is 0 Å². The molecule has 0 amide bonds. The number of hydrogen-bond acceptors (Lipinski definition) is 4. The van der Waals surface area contributed by atoms with Gasteiger partial charge in [-0.3, -0.25) is 14.2 Å². The summed E-state index contributed by atoms with van der Waals surface area (Å²) in [6, 6.07) is 16.3. The smallest absolute Gasteiger partial charge is 0.340 e. The summed E-state index contributed by atoms with van der Waals surface area (Å²) >= 11 is 1.91. The second-order valence-electron chi connectivity index (χ2n) is 6.57. The third-order valence-corrected chi connectivity index (χ3v) is 5.62. The summed E-state index contributed by atoms with van der Waals surface area (Å²) in [5.74, 6) is -0.644. The molecule has 0 N–H and O–H groups in total. The summed E-state index contributed by atoms with van der Waals surface area (Å²) in [7, 11) is 0. The summed E-state index contributed by atoms with van der Waals surface area (Å²) < 4.78 is 7.85. The average Bonchev–Trinajstić information content (AvgIpc) is 2.73. The van der Waals surface area contributed by atoms with Crippen molar-refractivity contribution in [3.05, 3.63) is 101 Å². The highest BCUT2D eigenvalue weighted by molar-refractivity contribution is 14.1. The number of hydrogen-bond donors (Lipinski definition) is 0. The molecule has 6 nitrogen and oxygen atoms in total. The number of nitrogens with zero attached hydrogens (tertiary/aromatic N) is 2. The van der Waals surface area contributed by atoms with Crippen molar-refractivity contribution in [2.24, 2.45) is 0 Å². The summed E-state index contributed by atoms with van der Waals surface area (Å²) in [5, 5.41) is 0. The van der Waals surface area contributed by atoms with Gasteiger partial charge in [0.2, 0.25) is 0 Å². The Labute approximate surface area is 181 Å². The van der Waals surface area contributed by atoms with Gasteiger partial charge in [0.25, 0.3) is 11.5 Å². The molecular weight excluding hydrogens is 483 g/mol. The third-order valence-electron chi connectivity index (χ3n) is 4.53. The molecule has 0 aliphatic heterocycles. The molecule has 0 saturated carbocycles. The van der Waals surface area contributed by atoms with Crippen LogP contribution in [-0.2, 0) is 17.9 Å². The largest absolute Gasteiger partial charge is 0.361 e. The summed E-state index contributed by atoms with van der Waals surface area (Å²) in [5.41, 5.74) is 1.45. The Kier molecular flexibility index (Phi) is 6.81. The van der Waals surface area contributed by atoms with Crippen LogP contribution in [0.4, 0.5) is 0 Å². The molecule has 0 spiro atoms. The van der Waals surface area contributed by atoms with Crippen LogP contribution < -0.4 is 11.2 Å². The van der Waals surface area contributed by atoms with Gasteiger partial charge in [-0.15, -0.1) is 0 Å². The first kappa shape index (κ1) is 21.2. The van der Waals surface area contributed by atoms with E-state index in [1.807, 2.05) is 66.8 Å². The molecule has 0 unspecified atom stereocenters. The molecule has 0 fully saturated rings. The Hall–Kier alpha value is -2.52. The lowest BCUT2D eigenvalue weighted by atomic mass is 10.1. The predicted molar refractivity (Wildman–Crippen MR) is 119 cm³/mol. The lowest BCUT2D eigenvalue weighted by Gasteiger charge is -2.17. The highest BCUT2D eigenvalue weighted by Gasteiger charge is 2.22. The topological polar surface area (TPSA) is 70.3 Å². The highest BCUT2D eigenvalue weighted by Crippen LogP contribution is 2.14. The maximum Gasteiger partial charge on any atom is 0.340 e. The Balaban J connectivity index is 2.17. The molecule has 0 bridgehead atoms. The Morgan fingerprint density at radius 2 is 1.69 bits per heavy atom. The summed E-state index contributed by atoms with van der Waals surface area (Å²) in [4.78, 5) is 39.1. The van der Waals surface area contributed by atoms with Gasteiger partial charge in [0.05, 0.1) is 3.57 Å². The zero-order valence-electron chi connectivity index (χ0n) is 16.2. The molecule has 0 atom stereocenters. The fourth-order valence-electron chi connectivity index (χ4n) is 2.95. The third kappa shape index (κ3) is 4.56. The van der Waals surface area contributed by atoms with Gasteiger partial charge < -0.3 is 4.74 Å². The molecular formula is C22H21IN2O4. The van der Waals surface area contributed by atoms with Gasteiger partial charge in [0.1, 0.15) is 6.73 Å². The van der Waals surface area contributed by atoms with Crippen LogP contribution in [0.25, 0.3) is 0 Å². The van der Waals surface area contributed by atoms with Crippen LogP contribution in [0, 0.1) is 10.5 Å². The molecule has 1 aromatic heterocycles. The van der Waals surface area contributed by atoms with Crippen LogP contribution in [0.2, 0.25) is 0 Å². The van der Waals surface area contributed by atoms with Crippen molar-refractivity contribution in [3.63, 3.8) is 0 Å². The summed E-state index contributed by atoms with van der Waals surface area (Å²) in [6.45, 7) is 4.09. The number of halogens is 1. The van der Waals surface area contributed by atoms with Gasteiger partial charge >= 0.3 is 5.69 Å². The van der Waals surface area contributed by atoms with E-state index in [0.717, 1.165) is 11.1 Å². The number of carbonyl (C=O) groups is 1. The van der Waals surface area contributed by atoms with Crippen LogP contribution in [0.5, 0.6) is 0 Å². The van der Waals surface area contributed by atoms with Crippen molar-refractivity contribution < 1.29 is 9.53 Å². The van der Waals surface area contributed by atoms with Crippen molar-refractivity contribution in [1.29, 1.82) is 0 Å². The minimum absolute atomic E-state index is 0.0328. The molecule has 1 heterocycles. The van der Waals surface area contributed by atoms with Crippen LogP contribution in [0.1, 0.15) is 34.1 Å². The van der Waals surface area contributed by atoms with Gasteiger partial charge in [-0.1, -0.05) is 48.0 Å². The van der Waals surface area contributed by atoms with Gasteiger partial charge in [-0.25, -0.2) is 4.79 Å². The zero-order valence-corrected chi connectivity index (χ0v) is 18.4. The van der Waals surface area contributed by atoms with E-state index in [1.54, 1.807) is 24.3 Å². The highest BCUT2D eigenvalue weighted by atomic mass is 127. The Bertz CT molecular complexity index is 1130. The maximum atomic E-state index is 13.2. The molecule has 2 aromatic carbocycles. The summed E-state index contributed by atoms with van der Waals surface area (Å²) in [6.07, 6.45) is 0.385. The SMILES string of the molecule is CCOCn1c(Cc2ccccc2)c(I)c(=O)n(C(=O)c2ccc(C)cc2)c1=O. The monoisotopic (exact) mass is 504 g/mol. The van der Waals surface area contributed by atoms with E-state index in [9.17, 15) is 14.4 Å². The quantitative estimate of drug-likeness (QED) is 0.484. The van der Waals surface area contributed by atoms with Crippen LogP contribution in [-0.4, -0.2) is 21.6 Å². The minimum Gasteiger partial charge on any atom is -0.361 e. The molecule has 150 valence electrons. The van der Waals surface area contributed by atoms with Gasteiger partial charge in [0.15, 0.2) is 0 Å². The first-order valence-corrected chi connectivity index (χ1v) is 10.3. The van der Waals surface area contributed by atoms with Gasteiger partial charge in [0, 0.05) is 24.3 Å². The molecule has 0 aliphatic rings. The predicted octanol–water partition coefficient (Wildman–Crippen LogP) is 3.20. The Morgan fingerprint density at radius 3 is 2.31 bits per heavy atom. The van der Waals surface area contributed by atoms with Crippen LogP contribution in [0.15, 0.2) is 64.2 Å². The molecule has 0 saturated heterocycles. The van der Waals surface area contributed by atoms with Crippen molar-refractivity contribution in [1.82, 2.24) is 9.13 Å². The number of carbonyl (C=O) groups excluding carboxylic acids is 1. The fourth-order valence-corrected chi connectivity index (χ4v) is 3.67. The first-order valence-electron chi connectivity index (χ1n) is 9.21. The van der Waals surface area contributed by atoms with Crippen molar-refractivity contribution >= 4 is 28.5 Å². The second-order valence-corrected chi connectivity index (χ2v) is 7.65. The molecule has 3 aromatic rings. The van der Waals surface area contributed by atoms with Crippen LogP contribution >= 0.6 is 22.6 Å². The van der Waals surface area contributed by atoms with E-state index in [1.165, 1.54) is 4.57 Å². The number of aryl methyl sites for hydroxylation is 1. The molecule has 0 radical (unpaired) electrons. The van der Waals surface area contributed by atoms with E-state index < -0.39 is 17.2 Å². The van der Waals surface area contributed by atoms with E-state index in [0.29, 0.717) is 26.9 Å². The van der Waals surface area contributed by atoms with E-state index in [2.05, 4.69) is 0 Å². The van der Waals surface area contributed by atoms with E-state index in [4.69, 9.17) is 4.74 Å². The zero-order chi connectivity index (χ0) is 21.0. The lowest BCUT2D eigenvalue weighted by molar-refractivity contribution is 0.0789. The number of benzene rings is 2. The molecule has 0 aliphatic carbocycles. The first-order chi connectivity index (χ1) is 13.9. The molecule has 3 rings (SSSR count). The van der Waals surface area contributed by atoms with Crippen molar-refractivity contribution in [2.75, 3.05) is 6.61 Å². The van der Waals surface area contributed by atoms with Crippen molar-refractivity contribution in [3.8, 4) is 0 Å². The Morgan fingerprint density at radius 1 is 1.03 bits per heavy atom. The lowest BCUT2D eigenvalue weighted by Crippen LogP contribution is -2.47. The normalized spacial score (nSPS) is 10.9. The number of aromatic nitrogens is 2. The number of rotatable bonds is 6. The number of ether oxygens (including phenoxy) is 1. The maximum absolute atomic E-state index is 13.2. The molecule has 7 heteroatoms. The van der Waals surface area contributed by atoms with E-state index >= 15 is 0 Å². The van der Waals surface area contributed by atoms with Gasteiger partial charge in [-0.05, 0) is 54.1 Å². The fraction of sp³-hybridized carbons (Fsp3) is 0.227. The molecule has 29 heavy (non-hydrogen) atoms.